The third-order valence-electron chi connectivity index (χ3n) is 4.54. The highest BCUT2D eigenvalue weighted by Crippen LogP contribution is 2.18. The van der Waals surface area contributed by atoms with Crippen LogP contribution >= 0.6 is 0 Å². The van der Waals surface area contributed by atoms with Crippen molar-refractivity contribution in [1.29, 1.82) is 0 Å². The fourth-order valence-corrected chi connectivity index (χ4v) is 3.12. The molecule has 0 bridgehead atoms. The summed E-state index contributed by atoms with van der Waals surface area (Å²) in [5.41, 5.74) is 1.09. The molecule has 1 aliphatic rings. The third-order valence-corrected chi connectivity index (χ3v) is 4.54. The second-order valence-corrected chi connectivity index (χ2v) is 6.34. The molecule has 0 spiro atoms. The summed E-state index contributed by atoms with van der Waals surface area (Å²) in [6.07, 6.45) is 3.75. The van der Waals surface area contributed by atoms with Crippen molar-refractivity contribution in [3.63, 3.8) is 0 Å². The quantitative estimate of drug-likeness (QED) is 0.813. The van der Waals surface area contributed by atoms with Gasteiger partial charge in [0.05, 0.1) is 12.7 Å². The van der Waals surface area contributed by atoms with E-state index in [9.17, 15) is 9.59 Å². The predicted molar refractivity (Wildman–Crippen MR) is 94.3 cm³/mol. The lowest BCUT2D eigenvalue weighted by atomic mass is 10.0. The normalized spacial score (nSPS) is 19.4. The van der Waals surface area contributed by atoms with Crippen molar-refractivity contribution in [1.82, 2.24) is 10.2 Å². The largest absolute Gasteiger partial charge is 0.465 e. The molecule has 0 radical (unpaired) electrons. The first kappa shape index (κ1) is 18.3. The summed E-state index contributed by atoms with van der Waals surface area (Å²) in [5.74, 6) is -0.393. The summed E-state index contributed by atoms with van der Waals surface area (Å²) in [5, 5.41) is 5.69. The Hall–Kier alpha value is -2.08. The van der Waals surface area contributed by atoms with E-state index in [-0.39, 0.29) is 6.03 Å². The number of amides is 2. The van der Waals surface area contributed by atoms with Crippen LogP contribution in [0.4, 0.5) is 10.5 Å². The van der Waals surface area contributed by atoms with Gasteiger partial charge in [-0.15, -0.1) is 0 Å². The molecule has 0 saturated carbocycles. The van der Waals surface area contributed by atoms with Crippen molar-refractivity contribution in [3.05, 3.63) is 29.8 Å². The SMILES string of the molecule is COC(=O)c1ccc(NC(=O)NC[C@@H](C)N2CCCC[C@@H]2C)cc1. The number of carbonyl (C=O) groups excluding carboxylic acids is 2. The highest BCUT2D eigenvalue weighted by atomic mass is 16.5. The molecule has 2 N–H and O–H groups in total. The van der Waals surface area contributed by atoms with Gasteiger partial charge in [0.25, 0.3) is 0 Å². The highest BCUT2D eigenvalue weighted by Gasteiger charge is 2.23. The number of carbonyl (C=O) groups is 2. The lowest BCUT2D eigenvalue weighted by molar-refractivity contribution is 0.0600. The van der Waals surface area contributed by atoms with E-state index in [1.54, 1.807) is 24.3 Å². The number of rotatable bonds is 5. The number of methoxy groups -OCH3 is 1. The van der Waals surface area contributed by atoms with Gasteiger partial charge < -0.3 is 15.4 Å². The van der Waals surface area contributed by atoms with Gasteiger partial charge in [-0.25, -0.2) is 9.59 Å². The van der Waals surface area contributed by atoms with Crippen molar-refractivity contribution >= 4 is 17.7 Å². The molecule has 1 aromatic carbocycles. The van der Waals surface area contributed by atoms with Gasteiger partial charge >= 0.3 is 12.0 Å². The summed E-state index contributed by atoms with van der Waals surface area (Å²) in [6, 6.07) is 7.26. The van der Waals surface area contributed by atoms with Gasteiger partial charge in [0, 0.05) is 24.3 Å². The molecule has 0 aliphatic carbocycles. The van der Waals surface area contributed by atoms with Crippen molar-refractivity contribution in [3.8, 4) is 0 Å². The first-order valence-corrected chi connectivity index (χ1v) is 8.50. The number of nitrogens with one attached hydrogen (secondary N) is 2. The minimum atomic E-state index is -0.393. The minimum Gasteiger partial charge on any atom is -0.465 e. The molecule has 1 aromatic rings. The Morgan fingerprint density at radius 2 is 2.00 bits per heavy atom. The second kappa shape index (κ2) is 8.68. The molecule has 2 atom stereocenters. The average molecular weight is 333 g/mol. The minimum absolute atomic E-state index is 0.239. The van der Waals surface area contributed by atoms with Gasteiger partial charge in [0.1, 0.15) is 0 Å². The third kappa shape index (κ3) is 4.96. The van der Waals surface area contributed by atoms with Crippen LogP contribution in [0.5, 0.6) is 0 Å². The maximum absolute atomic E-state index is 12.0. The summed E-state index contributed by atoms with van der Waals surface area (Å²) in [6.45, 7) is 6.10. The molecule has 2 amide bonds. The molecule has 24 heavy (non-hydrogen) atoms. The van der Waals surface area contributed by atoms with Crippen LogP contribution in [0.2, 0.25) is 0 Å². The predicted octanol–water partition coefficient (Wildman–Crippen LogP) is 2.86. The zero-order chi connectivity index (χ0) is 17.5. The van der Waals surface area contributed by atoms with E-state index in [2.05, 4.69) is 34.1 Å². The van der Waals surface area contributed by atoms with E-state index in [4.69, 9.17) is 0 Å². The summed E-state index contributed by atoms with van der Waals surface area (Å²) in [4.78, 5) is 25.9. The lowest BCUT2D eigenvalue weighted by Gasteiger charge is -2.38. The number of urea groups is 1. The number of ether oxygens (including phenoxy) is 1. The molecular weight excluding hydrogens is 306 g/mol. The van der Waals surface area contributed by atoms with Crippen LogP contribution in [0.1, 0.15) is 43.5 Å². The number of likely N-dealkylation sites (tertiary alicyclic amines) is 1. The second-order valence-electron chi connectivity index (χ2n) is 6.34. The van der Waals surface area contributed by atoms with Crippen molar-refractivity contribution in [2.24, 2.45) is 0 Å². The van der Waals surface area contributed by atoms with Crippen molar-refractivity contribution in [2.45, 2.75) is 45.2 Å². The number of anilines is 1. The number of hydrogen-bond donors (Lipinski definition) is 2. The van der Waals surface area contributed by atoms with E-state index in [0.29, 0.717) is 29.9 Å². The molecule has 0 aromatic heterocycles. The van der Waals surface area contributed by atoms with Crippen molar-refractivity contribution < 1.29 is 14.3 Å². The summed E-state index contributed by atoms with van der Waals surface area (Å²) < 4.78 is 4.65. The molecule has 6 heteroatoms. The maximum atomic E-state index is 12.0. The number of benzene rings is 1. The molecule has 1 aliphatic heterocycles. The smallest absolute Gasteiger partial charge is 0.337 e. The molecule has 0 unspecified atom stereocenters. The number of esters is 1. The fourth-order valence-electron chi connectivity index (χ4n) is 3.12. The van der Waals surface area contributed by atoms with Gasteiger partial charge in [-0.05, 0) is 57.5 Å². The number of piperidine rings is 1. The van der Waals surface area contributed by atoms with Crippen LogP contribution < -0.4 is 10.6 Å². The Balaban J connectivity index is 1.79. The monoisotopic (exact) mass is 333 g/mol. The fraction of sp³-hybridized carbons (Fsp3) is 0.556. The number of nitrogens with zero attached hydrogens (tertiary/aromatic N) is 1. The Morgan fingerprint density at radius 1 is 1.29 bits per heavy atom. The topological polar surface area (TPSA) is 70.7 Å². The Kier molecular flexibility index (Phi) is 6.61. The molecule has 1 heterocycles. The van der Waals surface area contributed by atoms with Crippen LogP contribution in [0.15, 0.2) is 24.3 Å². The molecule has 2 rings (SSSR count). The lowest BCUT2D eigenvalue weighted by Crippen LogP contribution is -2.49. The first-order chi connectivity index (χ1) is 11.5. The van der Waals surface area contributed by atoms with E-state index < -0.39 is 5.97 Å². The Bertz CT molecular complexity index is 559. The molecule has 1 fully saturated rings. The molecule has 6 nitrogen and oxygen atoms in total. The van der Waals surface area contributed by atoms with Crippen molar-refractivity contribution in [2.75, 3.05) is 25.5 Å². The number of hydrogen-bond acceptors (Lipinski definition) is 4. The molecule has 132 valence electrons. The van der Waals surface area contributed by atoms with Crippen LogP contribution in [0.3, 0.4) is 0 Å². The molecule has 1 saturated heterocycles. The summed E-state index contributed by atoms with van der Waals surface area (Å²) in [7, 11) is 1.34. The Labute approximate surface area is 143 Å². The van der Waals surface area contributed by atoms with E-state index in [1.165, 1.54) is 26.4 Å². The Morgan fingerprint density at radius 3 is 2.62 bits per heavy atom. The average Bonchev–Trinajstić information content (AvgIpc) is 2.60. The van der Waals surface area contributed by atoms with Crippen LogP contribution in [0.25, 0.3) is 0 Å². The van der Waals surface area contributed by atoms with E-state index >= 15 is 0 Å². The van der Waals surface area contributed by atoms with Crippen LogP contribution in [-0.2, 0) is 4.74 Å². The van der Waals surface area contributed by atoms with Gasteiger partial charge in [-0.3, -0.25) is 4.90 Å². The standard InChI is InChI=1S/C18H27N3O3/c1-13-6-4-5-11-21(13)14(2)12-19-18(23)20-16-9-7-15(8-10-16)17(22)24-3/h7-10,13-14H,4-6,11-12H2,1-3H3,(H2,19,20,23)/t13-,14+/m0/s1. The zero-order valence-electron chi connectivity index (χ0n) is 14.7. The van der Waals surface area contributed by atoms with Gasteiger partial charge in [0.2, 0.25) is 0 Å². The van der Waals surface area contributed by atoms with E-state index in [0.717, 1.165) is 6.54 Å². The summed E-state index contributed by atoms with van der Waals surface area (Å²) >= 11 is 0. The van der Waals surface area contributed by atoms with Crippen LogP contribution in [0, 0.1) is 0 Å². The van der Waals surface area contributed by atoms with Crippen LogP contribution in [-0.4, -0.2) is 49.2 Å². The highest BCUT2D eigenvalue weighted by molar-refractivity contribution is 5.92. The van der Waals surface area contributed by atoms with Gasteiger partial charge in [-0.1, -0.05) is 6.42 Å². The van der Waals surface area contributed by atoms with E-state index in [1.807, 2.05) is 0 Å². The molecular formula is C18H27N3O3. The van der Waals surface area contributed by atoms with Gasteiger partial charge in [0.15, 0.2) is 0 Å². The first-order valence-electron chi connectivity index (χ1n) is 8.50. The zero-order valence-corrected chi connectivity index (χ0v) is 14.7. The van der Waals surface area contributed by atoms with Gasteiger partial charge in [-0.2, -0.15) is 0 Å². The maximum Gasteiger partial charge on any atom is 0.337 e.